The molecule has 0 fully saturated rings. The van der Waals surface area contributed by atoms with Crippen molar-refractivity contribution in [2.75, 3.05) is 6.61 Å². The summed E-state index contributed by atoms with van der Waals surface area (Å²) in [6.07, 6.45) is 0.860. The number of rotatable bonds is 8. The fourth-order valence-electron chi connectivity index (χ4n) is 2.65. The van der Waals surface area contributed by atoms with Crippen LogP contribution < -0.4 is 4.74 Å². The minimum absolute atomic E-state index is 0.508. The third-order valence-corrected chi connectivity index (χ3v) is 5.71. The fourth-order valence-corrected chi connectivity index (χ4v) is 4.24. The second-order valence-corrected chi connectivity index (χ2v) is 7.88. The van der Waals surface area contributed by atoms with Crippen LogP contribution in [0.15, 0.2) is 69.6 Å². The van der Waals surface area contributed by atoms with Gasteiger partial charge < -0.3 is 9.15 Å². The highest BCUT2D eigenvalue weighted by Gasteiger charge is 2.11. The lowest BCUT2D eigenvalue weighted by molar-refractivity contribution is 0.340. The number of hydrogen-bond donors (Lipinski definition) is 0. The standard InChI is InChI=1S/C21H19N3O2S2/c1-2-25-18-10-8-16(9-11-18)20-23-24-21(26-20)28-14-17-13-27-19(22-17)12-15-6-4-3-5-7-15/h3-11,13H,2,12,14H2,1H3. The molecule has 0 amide bonds. The van der Waals surface area contributed by atoms with Crippen LogP contribution in [0, 0.1) is 0 Å². The van der Waals surface area contributed by atoms with Crippen molar-refractivity contribution in [1.82, 2.24) is 15.2 Å². The van der Waals surface area contributed by atoms with Gasteiger partial charge in [0.2, 0.25) is 5.89 Å². The van der Waals surface area contributed by atoms with Crippen LogP contribution in [0.1, 0.15) is 23.2 Å². The second kappa shape index (κ2) is 9.03. The lowest BCUT2D eigenvalue weighted by atomic mass is 10.2. The van der Waals surface area contributed by atoms with Crippen LogP contribution in [0.2, 0.25) is 0 Å². The van der Waals surface area contributed by atoms with Crippen molar-refractivity contribution >= 4 is 23.1 Å². The maximum Gasteiger partial charge on any atom is 0.277 e. The highest BCUT2D eigenvalue weighted by Crippen LogP contribution is 2.27. The normalized spacial score (nSPS) is 10.9. The summed E-state index contributed by atoms with van der Waals surface area (Å²) in [6, 6.07) is 18.0. The van der Waals surface area contributed by atoms with Crippen molar-refractivity contribution in [3.63, 3.8) is 0 Å². The maximum absolute atomic E-state index is 5.77. The summed E-state index contributed by atoms with van der Waals surface area (Å²) in [5, 5.41) is 12.0. The highest BCUT2D eigenvalue weighted by molar-refractivity contribution is 7.98. The predicted molar refractivity (Wildman–Crippen MR) is 112 cm³/mol. The monoisotopic (exact) mass is 409 g/mol. The van der Waals surface area contributed by atoms with Gasteiger partial charge in [0.05, 0.1) is 17.3 Å². The van der Waals surface area contributed by atoms with E-state index >= 15 is 0 Å². The van der Waals surface area contributed by atoms with Gasteiger partial charge in [0.1, 0.15) is 5.75 Å². The zero-order chi connectivity index (χ0) is 19.2. The fraction of sp³-hybridized carbons (Fsp3) is 0.190. The van der Waals surface area contributed by atoms with Crippen molar-refractivity contribution in [3.8, 4) is 17.2 Å². The van der Waals surface area contributed by atoms with E-state index in [1.165, 1.54) is 17.3 Å². The third-order valence-electron chi connectivity index (χ3n) is 3.96. The molecule has 0 N–H and O–H groups in total. The van der Waals surface area contributed by atoms with Crippen molar-refractivity contribution in [1.29, 1.82) is 0 Å². The molecule has 0 unspecified atom stereocenters. The molecule has 0 aliphatic rings. The van der Waals surface area contributed by atoms with Gasteiger partial charge in [-0.1, -0.05) is 42.1 Å². The van der Waals surface area contributed by atoms with E-state index in [-0.39, 0.29) is 0 Å². The first-order valence-electron chi connectivity index (χ1n) is 8.97. The smallest absolute Gasteiger partial charge is 0.277 e. The number of benzene rings is 2. The Hall–Kier alpha value is -2.64. The lowest BCUT2D eigenvalue weighted by Crippen LogP contribution is -1.90. The Morgan fingerprint density at radius 2 is 1.86 bits per heavy atom. The summed E-state index contributed by atoms with van der Waals surface area (Å²) in [5.74, 6) is 2.04. The second-order valence-electron chi connectivity index (χ2n) is 6.01. The highest BCUT2D eigenvalue weighted by atomic mass is 32.2. The molecule has 142 valence electrons. The number of thioether (sulfide) groups is 1. The number of aromatic nitrogens is 3. The molecule has 2 aromatic carbocycles. The Kier molecular flexibility index (Phi) is 6.04. The average molecular weight is 410 g/mol. The molecule has 0 saturated carbocycles. The van der Waals surface area contributed by atoms with E-state index in [9.17, 15) is 0 Å². The molecule has 5 nitrogen and oxygen atoms in total. The van der Waals surface area contributed by atoms with Gasteiger partial charge in [0.25, 0.3) is 5.22 Å². The van der Waals surface area contributed by atoms with Crippen LogP contribution in [0.4, 0.5) is 0 Å². The van der Waals surface area contributed by atoms with Gasteiger partial charge in [-0.3, -0.25) is 0 Å². The molecule has 2 aromatic heterocycles. The molecule has 0 aliphatic carbocycles. The Bertz CT molecular complexity index is 1010. The van der Waals surface area contributed by atoms with Gasteiger partial charge in [-0.05, 0) is 36.8 Å². The minimum Gasteiger partial charge on any atom is -0.494 e. The molecule has 7 heteroatoms. The molecule has 0 spiro atoms. The molecule has 0 aliphatic heterocycles. The van der Waals surface area contributed by atoms with E-state index in [2.05, 4.69) is 39.8 Å². The molecule has 0 atom stereocenters. The number of ether oxygens (including phenoxy) is 1. The van der Waals surface area contributed by atoms with Crippen LogP contribution >= 0.6 is 23.1 Å². The van der Waals surface area contributed by atoms with E-state index < -0.39 is 0 Å². The Morgan fingerprint density at radius 3 is 2.64 bits per heavy atom. The first-order valence-corrected chi connectivity index (χ1v) is 10.8. The van der Waals surface area contributed by atoms with Gasteiger partial charge in [-0.2, -0.15) is 0 Å². The zero-order valence-corrected chi connectivity index (χ0v) is 17.0. The van der Waals surface area contributed by atoms with Gasteiger partial charge in [0, 0.05) is 23.1 Å². The quantitative estimate of drug-likeness (QED) is 0.359. The first-order chi connectivity index (χ1) is 13.8. The van der Waals surface area contributed by atoms with Crippen LogP contribution in [0.5, 0.6) is 5.75 Å². The summed E-state index contributed by atoms with van der Waals surface area (Å²) >= 11 is 3.18. The predicted octanol–water partition coefficient (Wildman–Crippen LogP) is 5.47. The number of nitrogens with zero attached hydrogens (tertiary/aromatic N) is 3. The molecule has 2 heterocycles. The van der Waals surface area contributed by atoms with Gasteiger partial charge in [-0.25, -0.2) is 4.98 Å². The van der Waals surface area contributed by atoms with Crippen LogP contribution in [-0.4, -0.2) is 21.8 Å². The summed E-state index contributed by atoms with van der Waals surface area (Å²) in [5.41, 5.74) is 3.18. The topological polar surface area (TPSA) is 61.0 Å². The van der Waals surface area contributed by atoms with Gasteiger partial charge in [-0.15, -0.1) is 21.5 Å². The molecule has 0 radical (unpaired) electrons. The third kappa shape index (κ3) is 4.79. The Labute approximate surface area is 171 Å². The molecule has 4 rings (SSSR count). The van der Waals surface area contributed by atoms with Crippen molar-refractivity contribution < 1.29 is 9.15 Å². The van der Waals surface area contributed by atoms with E-state index in [1.807, 2.05) is 37.3 Å². The Morgan fingerprint density at radius 1 is 1.04 bits per heavy atom. The molecule has 0 saturated heterocycles. The summed E-state index contributed by atoms with van der Waals surface area (Å²) in [7, 11) is 0. The summed E-state index contributed by atoms with van der Waals surface area (Å²) in [4.78, 5) is 4.71. The van der Waals surface area contributed by atoms with Crippen LogP contribution in [0.3, 0.4) is 0 Å². The molecular weight excluding hydrogens is 390 g/mol. The minimum atomic E-state index is 0.508. The number of hydrogen-bond acceptors (Lipinski definition) is 7. The van der Waals surface area contributed by atoms with Crippen LogP contribution in [-0.2, 0) is 12.2 Å². The molecule has 0 bridgehead atoms. The molecule has 4 aromatic rings. The van der Waals surface area contributed by atoms with Crippen molar-refractivity contribution in [3.05, 3.63) is 76.2 Å². The molecular formula is C21H19N3O2S2. The van der Waals surface area contributed by atoms with Crippen molar-refractivity contribution in [2.24, 2.45) is 0 Å². The van der Waals surface area contributed by atoms with Gasteiger partial charge in [0.15, 0.2) is 0 Å². The van der Waals surface area contributed by atoms with E-state index in [4.69, 9.17) is 14.1 Å². The summed E-state index contributed by atoms with van der Waals surface area (Å²) < 4.78 is 11.2. The van der Waals surface area contributed by atoms with Crippen molar-refractivity contribution in [2.45, 2.75) is 24.3 Å². The maximum atomic E-state index is 5.77. The molecule has 28 heavy (non-hydrogen) atoms. The lowest BCUT2D eigenvalue weighted by Gasteiger charge is -2.02. The van der Waals surface area contributed by atoms with E-state index in [0.29, 0.717) is 23.5 Å². The van der Waals surface area contributed by atoms with Crippen LogP contribution in [0.25, 0.3) is 11.5 Å². The number of thiazole rings is 1. The largest absolute Gasteiger partial charge is 0.494 e. The zero-order valence-electron chi connectivity index (χ0n) is 15.4. The van der Waals surface area contributed by atoms with E-state index in [0.717, 1.165) is 28.4 Å². The average Bonchev–Trinajstić information content (AvgIpc) is 3.38. The first kappa shape index (κ1) is 18.7. The van der Waals surface area contributed by atoms with E-state index in [1.54, 1.807) is 11.3 Å². The summed E-state index contributed by atoms with van der Waals surface area (Å²) in [6.45, 7) is 2.60. The SMILES string of the molecule is CCOc1ccc(-c2nnc(SCc3csc(Cc4ccccc4)n3)o2)cc1. The van der Waals surface area contributed by atoms with Gasteiger partial charge >= 0.3 is 0 Å². The Balaban J connectivity index is 1.34.